The lowest BCUT2D eigenvalue weighted by Crippen LogP contribution is -2.43. The normalized spacial score (nSPS) is 24.9. The summed E-state index contributed by atoms with van der Waals surface area (Å²) in [6.07, 6.45) is 3.30. The van der Waals surface area contributed by atoms with Gasteiger partial charge >= 0.3 is 5.97 Å². The fourth-order valence-corrected chi connectivity index (χ4v) is 3.74. The van der Waals surface area contributed by atoms with Crippen LogP contribution >= 0.6 is 0 Å². The Balaban J connectivity index is 2.56. The number of carboxylic acids is 1. The standard InChI is InChI=1S/C13H23NO5S/c1-9(8-20(3,18)19)14(2)12(15)10-4-6-11(7-5-10)13(16)17/h9-11H,4-8H2,1-3H3,(H,16,17). The molecule has 0 saturated heterocycles. The van der Waals surface area contributed by atoms with Gasteiger partial charge in [0, 0.05) is 25.3 Å². The Morgan fingerprint density at radius 2 is 1.65 bits per heavy atom. The Bertz CT molecular complexity index is 465. The SMILES string of the molecule is CC(CS(C)(=O)=O)N(C)C(=O)C1CCC(C(=O)O)CC1. The number of carbonyl (C=O) groups is 2. The molecule has 0 spiro atoms. The van der Waals surface area contributed by atoms with Crippen molar-refractivity contribution < 1.29 is 23.1 Å². The quantitative estimate of drug-likeness (QED) is 0.810. The zero-order valence-corrected chi connectivity index (χ0v) is 13.0. The minimum absolute atomic E-state index is 0.0558. The summed E-state index contributed by atoms with van der Waals surface area (Å²) in [6.45, 7) is 1.71. The molecule has 0 aliphatic heterocycles. The monoisotopic (exact) mass is 305 g/mol. The van der Waals surface area contributed by atoms with Gasteiger partial charge in [-0.15, -0.1) is 0 Å². The highest BCUT2D eigenvalue weighted by atomic mass is 32.2. The highest BCUT2D eigenvalue weighted by molar-refractivity contribution is 7.90. The Hall–Kier alpha value is -1.11. The Labute approximate surface area is 120 Å². The molecule has 0 aromatic heterocycles. The van der Waals surface area contributed by atoms with Crippen LogP contribution in [0.3, 0.4) is 0 Å². The van der Waals surface area contributed by atoms with Gasteiger partial charge in [-0.25, -0.2) is 8.42 Å². The van der Waals surface area contributed by atoms with E-state index in [0.717, 1.165) is 6.26 Å². The van der Waals surface area contributed by atoms with E-state index in [0.29, 0.717) is 25.7 Å². The van der Waals surface area contributed by atoms with Crippen molar-refractivity contribution in [3.8, 4) is 0 Å². The van der Waals surface area contributed by atoms with Crippen molar-refractivity contribution in [1.82, 2.24) is 4.90 Å². The van der Waals surface area contributed by atoms with Gasteiger partial charge in [0.2, 0.25) is 5.91 Å². The van der Waals surface area contributed by atoms with E-state index in [9.17, 15) is 18.0 Å². The molecular weight excluding hydrogens is 282 g/mol. The van der Waals surface area contributed by atoms with Crippen LogP contribution in [0, 0.1) is 11.8 Å². The molecule has 1 amide bonds. The number of nitrogens with zero attached hydrogens (tertiary/aromatic N) is 1. The van der Waals surface area contributed by atoms with Gasteiger partial charge in [-0.05, 0) is 32.6 Å². The number of hydrogen-bond donors (Lipinski definition) is 1. The van der Waals surface area contributed by atoms with Gasteiger partial charge in [0.1, 0.15) is 9.84 Å². The highest BCUT2D eigenvalue weighted by Crippen LogP contribution is 2.30. The zero-order chi connectivity index (χ0) is 15.5. The van der Waals surface area contributed by atoms with Gasteiger partial charge in [0.15, 0.2) is 0 Å². The number of hydrogen-bond acceptors (Lipinski definition) is 4. The van der Waals surface area contributed by atoms with Gasteiger partial charge in [0.25, 0.3) is 0 Å². The molecule has 1 aliphatic carbocycles. The first-order valence-corrected chi connectivity index (χ1v) is 8.85. The first-order chi connectivity index (χ1) is 9.11. The second kappa shape index (κ2) is 6.56. The molecule has 116 valence electrons. The van der Waals surface area contributed by atoms with Gasteiger partial charge in [0.05, 0.1) is 11.7 Å². The van der Waals surface area contributed by atoms with Gasteiger partial charge in [-0.3, -0.25) is 9.59 Å². The van der Waals surface area contributed by atoms with Crippen molar-refractivity contribution in [2.24, 2.45) is 11.8 Å². The second-order valence-electron chi connectivity index (χ2n) is 5.78. The molecule has 7 heteroatoms. The summed E-state index contributed by atoms with van der Waals surface area (Å²) in [7, 11) is -1.51. The molecular formula is C13H23NO5S. The number of amides is 1. The first-order valence-electron chi connectivity index (χ1n) is 6.79. The molecule has 1 aliphatic rings. The van der Waals surface area contributed by atoms with Crippen LogP contribution in [-0.4, -0.2) is 55.4 Å². The maximum absolute atomic E-state index is 12.3. The third kappa shape index (κ3) is 4.77. The van der Waals surface area contributed by atoms with E-state index in [1.54, 1.807) is 14.0 Å². The van der Waals surface area contributed by atoms with E-state index >= 15 is 0 Å². The van der Waals surface area contributed by atoms with E-state index in [1.165, 1.54) is 4.90 Å². The van der Waals surface area contributed by atoms with Crippen molar-refractivity contribution >= 4 is 21.7 Å². The van der Waals surface area contributed by atoms with Crippen LogP contribution in [0.4, 0.5) is 0 Å². The van der Waals surface area contributed by atoms with Crippen LogP contribution < -0.4 is 0 Å². The molecule has 1 rings (SSSR count). The molecule has 1 unspecified atom stereocenters. The summed E-state index contributed by atoms with van der Waals surface area (Å²) in [5.74, 6) is -1.46. The van der Waals surface area contributed by atoms with Crippen molar-refractivity contribution in [2.75, 3.05) is 19.1 Å². The minimum atomic E-state index is -3.12. The molecule has 0 aromatic rings. The minimum Gasteiger partial charge on any atom is -0.481 e. The Kier molecular flexibility index (Phi) is 5.56. The summed E-state index contributed by atoms with van der Waals surface area (Å²) in [6, 6.07) is -0.366. The predicted octanol–water partition coefficient (Wildman–Crippen LogP) is 0.769. The van der Waals surface area contributed by atoms with Crippen molar-refractivity contribution in [3.63, 3.8) is 0 Å². The van der Waals surface area contributed by atoms with Gasteiger partial charge in [-0.2, -0.15) is 0 Å². The second-order valence-corrected chi connectivity index (χ2v) is 7.96. The average molecular weight is 305 g/mol. The highest BCUT2D eigenvalue weighted by Gasteiger charge is 2.32. The molecule has 0 aromatic carbocycles. The smallest absolute Gasteiger partial charge is 0.306 e. The molecule has 1 fully saturated rings. The summed E-state index contributed by atoms with van der Waals surface area (Å²) in [5, 5.41) is 8.93. The van der Waals surface area contributed by atoms with Crippen LogP contribution in [-0.2, 0) is 19.4 Å². The molecule has 1 N–H and O–H groups in total. The van der Waals surface area contributed by atoms with E-state index in [-0.39, 0.29) is 29.5 Å². The predicted molar refractivity (Wildman–Crippen MR) is 75.0 cm³/mol. The molecule has 1 saturated carbocycles. The average Bonchev–Trinajstić information content (AvgIpc) is 2.35. The fraction of sp³-hybridized carbons (Fsp3) is 0.846. The maximum Gasteiger partial charge on any atom is 0.306 e. The van der Waals surface area contributed by atoms with Crippen LogP contribution in [0.5, 0.6) is 0 Å². The summed E-state index contributed by atoms with van der Waals surface area (Å²) in [5.41, 5.74) is 0. The molecule has 0 radical (unpaired) electrons. The lowest BCUT2D eigenvalue weighted by molar-refractivity contribution is -0.145. The Morgan fingerprint density at radius 3 is 2.05 bits per heavy atom. The Morgan fingerprint density at radius 1 is 1.20 bits per heavy atom. The molecule has 1 atom stereocenters. The van der Waals surface area contributed by atoms with Crippen LogP contribution in [0.15, 0.2) is 0 Å². The zero-order valence-electron chi connectivity index (χ0n) is 12.2. The number of sulfone groups is 1. The number of aliphatic carboxylic acids is 1. The third-order valence-corrected chi connectivity index (χ3v) is 5.07. The largest absolute Gasteiger partial charge is 0.481 e. The molecule has 6 nitrogen and oxygen atoms in total. The van der Waals surface area contributed by atoms with Gasteiger partial charge in [-0.1, -0.05) is 0 Å². The first kappa shape index (κ1) is 16.9. The summed E-state index contributed by atoms with van der Waals surface area (Å²) < 4.78 is 22.5. The topological polar surface area (TPSA) is 91.8 Å². The molecule has 0 bridgehead atoms. The van der Waals surface area contributed by atoms with Crippen LogP contribution in [0.25, 0.3) is 0 Å². The van der Waals surface area contributed by atoms with Crippen molar-refractivity contribution in [3.05, 3.63) is 0 Å². The maximum atomic E-state index is 12.3. The third-order valence-electron chi connectivity index (χ3n) is 3.98. The van der Waals surface area contributed by atoms with Crippen LogP contribution in [0.2, 0.25) is 0 Å². The fourth-order valence-electron chi connectivity index (χ4n) is 2.64. The number of rotatable bonds is 5. The van der Waals surface area contributed by atoms with E-state index in [4.69, 9.17) is 5.11 Å². The molecule has 20 heavy (non-hydrogen) atoms. The summed E-state index contributed by atoms with van der Waals surface area (Å²) >= 11 is 0. The van der Waals surface area contributed by atoms with Crippen molar-refractivity contribution in [2.45, 2.75) is 38.6 Å². The lowest BCUT2D eigenvalue weighted by atomic mass is 9.81. The molecule has 0 heterocycles. The van der Waals surface area contributed by atoms with E-state index < -0.39 is 15.8 Å². The number of carboxylic acid groups (broad SMARTS) is 1. The summed E-state index contributed by atoms with van der Waals surface area (Å²) in [4.78, 5) is 24.6. The lowest BCUT2D eigenvalue weighted by Gasteiger charge is -2.31. The van der Waals surface area contributed by atoms with Gasteiger partial charge < -0.3 is 10.0 Å². The van der Waals surface area contributed by atoms with Crippen LogP contribution in [0.1, 0.15) is 32.6 Å². The van der Waals surface area contributed by atoms with Crippen molar-refractivity contribution in [1.29, 1.82) is 0 Å². The number of carbonyl (C=O) groups excluding carboxylic acids is 1. The van der Waals surface area contributed by atoms with E-state index in [2.05, 4.69) is 0 Å². The van der Waals surface area contributed by atoms with E-state index in [1.807, 2.05) is 0 Å².